The molecule has 1 saturated heterocycles. The van der Waals surface area contributed by atoms with Gasteiger partial charge < -0.3 is 30.2 Å². The Morgan fingerprint density at radius 3 is 2.24 bits per heavy atom. The van der Waals surface area contributed by atoms with Crippen LogP contribution >= 0.6 is 0 Å². The number of nitrogens with zero attached hydrogens (tertiary/aromatic N) is 2. The molecule has 5 aromatic rings. The van der Waals surface area contributed by atoms with Crippen LogP contribution < -0.4 is 16.0 Å². The van der Waals surface area contributed by atoms with Gasteiger partial charge in [-0.25, -0.2) is 14.2 Å². The number of hydrogen-bond acceptors (Lipinski definition) is 10. The molecule has 12 heteroatoms. The highest BCUT2D eigenvalue weighted by molar-refractivity contribution is 5.91. The molecule has 12 nitrogen and oxygen atoms in total. The van der Waals surface area contributed by atoms with Crippen molar-refractivity contribution in [2.45, 2.75) is 49.9 Å². The van der Waals surface area contributed by atoms with Crippen molar-refractivity contribution in [3.63, 3.8) is 0 Å². The van der Waals surface area contributed by atoms with Gasteiger partial charge >= 0.3 is 12.2 Å². The van der Waals surface area contributed by atoms with Gasteiger partial charge in [0.25, 0.3) is 0 Å². The van der Waals surface area contributed by atoms with Crippen LogP contribution in [0, 0.1) is 0 Å². The number of carbonyl (C=O) groups excluding carboxylic acids is 3. The van der Waals surface area contributed by atoms with E-state index in [1.807, 2.05) is 91.0 Å². The molecule has 0 radical (unpaired) electrons. The highest BCUT2D eigenvalue weighted by Crippen LogP contribution is 2.30. The Bertz CT molecular complexity index is 1850. The summed E-state index contributed by atoms with van der Waals surface area (Å²) in [4.78, 5) is 39.0. The number of alkyl carbamates (subject to hydrolysis) is 2. The third-order valence-corrected chi connectivity index (χ3v) is 9.01. The first-order chi connectivity index (χ1) is 25.0. The van der Waals surface area contributed by atoms with Gasteiger partial charge in [-0.05, 0) is 63.1 Å². The zero-order valence-corrected chi connectivity index (χ0v) is 28.3. The number of hydrogen-bond donors (Lipinski definition) is 3. The summed E-state index contributed by atoms with van der Waals surface area (Å²) in [6.45, 7) is 1.45. The lowest BCUT2D eigenvalue weighted by atomic mass is 9.81. The average Bonchev–Trinajstić information content (AvgIpc) is 3.65. The lowest BCUT2D eigenvalue weighted by Crippen LogP contribution is -2.49. The number of amides is 2. The Morgan fingerprint density at radius 2 is 1.55 bits per heavy atom. The summed E-state index contributed by atoms with van der Waals surface area (Å²) in [5.41, 5.74) is 5.90. The van der Waals surface area contributed by atoms with Crippen LogP contribution in [0.3, 0.4) is 0 Å². The molecule has 3 atom stereocenters. The Balaban J connectivity index is 1.01. The lowest BCUT2D eigenvalue weighted by Gasteiger charge is -2.30. The van der Waals surface area contributed by atoms with E-state index in [-0.39, 0.29) is 37.5 Å². The van der Waals surface area contributed by atoms with Gasteiger partial charge in [-0.2, -0.15) is 0 Å². The fraction of sp³-hybridized carbons (Fsp3) is 0.308. The number of aromatic nitrogens is 2. The molecule has 0 spiro atoms. The Labute approximate surface area is 295 Å². The van der Waals surface area contributed by atoms with Gasteiger partial charge in [-0.3, -0.25) is 4.79 Å². The van der Waals surface area contributed by atoms with Gasteiger partial charge in [0.1, 0.15) is 23.7 Å². The quantitative estimate of drug-likeness (QED) is 0.143. The van der Waals surface area contributed by atoms with Gasteiger partial charge in [0, 0.05) is 25.4 Å². The fourth-order valence-corrected chi connectivity index (χ4v) is 6.32. The van der Waals surface area contributed by atoms with Crippen molar-refractivity contribution in [2.75, 3.05) is 26.9 Å². The van der Waals surface area contributed by atoms with Crippen LogP contribution in [0.5, 0.6) is 0 Å². The van der Waals surface area contributed by atoms with Crippen molar-refractivity contribution in [1.29, 1.82) is 0 Å². The van der Waals surface area contributed by atoms with E-state index in [2.05, 4.69) is 26.3 Å². The summed E-state index contributed by atoms with van der Waals surface area (Å²) < 4.78 is 21.2. The van der Waals surface area contributed by atoms with Gasteiger partial charge in [0.2, 0.25) is 0 Å². The number of ketones is 1. The molecular formula is C39H41N5O7. The number of ether oxygens (including phenoxy) is 3. The Morgan fingerprint density at radius 1 is 0.863 bits per heavy atom. The predicted octanol–water partition coefficient (Wildman–Crippen LogP) is 5.11. The normalized spacial score (nSPS) is 16.4. The van der Waals surface area contributed by atoms with Crippen molar-refractivity contribution < 1.29 is 33.2 Å². The number of fused-ring (bicyclic) bond motifs is 1. The largest absolute Gasteiger partial charge is 0.453 e. The molecule has 1 aromatic heterocycles. The second-order valence-corrected chi connectivity index (χ2v) is 12.5. The number of Topliss-reactive ketones (excluding diaryl/α,β-unsaturated/α-hetero) is 1. The van der Waals surface area contributed by atoms with Crippen LogP contribution in [0.25, 0.3) is 11.0 Å². The molecule has 2 heterocycles. The summed E-state index contributed by atoms with van der Waals surface area (Å²) in [6.07, 6.45) is 0.339. The minimum absolute atomic E-state index is 0.0472. The van der Waals surface area contributed by atoms with Crippen LogP contribution in [0.2, 0.25) is 0 Å². The molecule has 1 aliphatic rings. The topological polar surface area (TPSA) is 154 Å². The van der Waals surface area contributed by atoms with Gasteiger partial charge in [0.05, 0.1) is 25.9 Å². The molecule has 0 saturated carbocycles. The van der Waals surface area contributed by atoms with Crippen molar-refractivity contribution >= 4 is 29.0 Å². The fourth-order valence-electron chi connectivity index (χ4n) is 6.32. The van der Waals surface area contributed by atoms with Gasteiger partial charge in [-0.1, -0.05) is 91.0 Å². The molecule has 51 heavy (non-hydrogen) atoms. The van der Waals surface area contributed by atoms with Crippen LogP contribution in [0.15, 0.2) is 108 Å². The molecule has 1 aliphatic heterocycles. The van der Waals surface area contributed by atoms with Crippen LogP contribution in [0.1, 0.15) is 40.2 Å². The summed E-state index contributed by atoms with van der Waals surface area (Å²) in [5, 5.41) is 16.6. The first-order valence-corrected chi connectivity index (χ1v) is 17.0. The first-order valence-electron chi connectivity index (χ1n) is 17.0. The van der Waals surface area contributed by atoms with Crippen molar-refractivity contribution in [2.24, 2.45) is 0 Å². The van der Waals surface area contributed by atoms with E-state index in [1.54, 1.807) is 12.1 Å². The van der Waals surface area contributed by atoms with E-state index in [9.17, 15) is 14.4 Å². The zero-order valence-electron chi connectivity index (χ0n) is 28.3. The summed E-state index contributed by atoms with van der Waals surface area (Å²) >= 11 is 0. The van der Waals surface area contributed by atoms with Crippen molar-refractivity contribution in [3.05, 3.63) is 131 Å². The smallest absolute Gasteiger partial charge is 0.407 e. The van der Waals surface area contributed by atoms with Crippen LogP contribution in [0.4, 0.5) is 9.59 Å². The van der Waals surface area contributed by atoms with E-state index in [1.165, 1.54) is 7.11 Å². The van der Waals surface area contributed by atoms with E-state index < -0.39 is 24.1 Å². The average molecular weight is 692 g/mol. The van der Waals surface area contributed by atoms with Gasteiger partial charge in [0.15, 0.2) is 5.78 Å². The standard InChI is InChI=1S/C39H41N5O7/c1-48-39(47)42-37(36(28-11-4-2-5-12-28)29-13-6-3-7-14-29)35(45)21-30-15-9-8-10-27(30)17-18-32-23-40-31(24-49-32)25-50-38(46)41-22-26-16-19-33-34(20-26)44-51-43-33/h2-16,19-20,31-32,36-37,40H,17-18,21-25H2,1H3,(H,41,46)(H,42,47)/t31-,32+,37+/m0/s1. The van der Waals surface area contributed by atoms with E-state index in [4.69, 9.17) is 18.8 Å². The van der Waals surface area contributed by atoms with E-state index in [0.717, 1.165) is 34.2 Å². The third kappa shape index (κ3) is 9.56. The lowest BCUT2D eigenvalue weighted by molar-refractivity contribution is -0.120. The molecular weight excluding hydrogens is 650 g/mol. The number of benzene rings is 4. The molecule has 6 rings (SSSR count). The monoisotopic (exact) mass is 691 g/mol. The molecule has 264 valence electrons. The molecule has 0 aliphatic carbocycles. The number of carbonyl (C=O) groups is 3. The highest BCUT2D eigenvalue weighted by atomic mass is 16.6. The summed E-state index contributed by atoms with van der Waals surface area (Å²) in [6, 6.07) is 31.7. The molecule has 0 bridgehead atoms. The predicted molar refractivity (Wildman–Crippen MR) is 189 cm³/mol. The summed E-state index contributed by atoms with van der Waals surface area (Å²) in [7, 11) is 1.29. The molecule has 4 aromatic carbocycles. The first kappa shape index (κ1) is 35.2. The number of aryl methyl sites for hydroxylation is 1. The number of nitrogens with one attached hydrogen (secondary N) is 3. The van der Waals surface area contributed by atoms with Crippen molar-refractivity contribution in [3.8, 4) is 0 Å². The number of morpholine rings is 1. The molecule has 1 fully saturated rings. The van der Waals surface area contributed by atoms with E-state index in [0.29, 0.717) is 30.6 Å². The van der Waals surface area contributed by atoms with Crippen LogP contribution in [-0.2, 0) is 38.4 Å². The molecule has 2 amide bonds. The maximum atomic E-state index is 14.2. The van der Waals surface area contributed by atoms with Crippen molar-refractivity contribution in [1.82, 2.24) is 26.3 Å². The second-order valence-electron chi connectivity index (χ2n) is 12.5. The SMILES string of the molecule is COC(=O)N[C@H](C(=O)Cc1ccccc1CC[C@@H]1CN[C@H](COC(=O)NCc2ccc3nonc3c2)CO1)C(c1ccccc1)c1ccccc1. The zero-order chi connectivity index (χ0) is 35.4. The van der Waals surface area contributed by atoms with Crippen LogP contribution in [-0.4, -0.2) is 73.3 Å². The number of rotatable bonds is 14. The minimum Gasteiger partial charge on any atom is -0.453 e. The summed E-state index contributed by atoms with van der Waals surface area (Å²) in [5.74, 6) is -0.537. The van der Waals surface area contributed by atoms with Gasteiger partial charge in [-0.15, -0.1) is 0 Å². The maximum Gasteiger partial charge on any atom is 0.407 e. The number of methoxy groups -OCH3 is 1. The third-order valence-electron chi connectivity index (χ3n) is 9.01. The Kier molecular flexibility index (Phi) is 12.0. The molecule has 0 unspecified atom stereocenters. The Hall–Kier alpha value is -5.59. The molecule has 3 N–H and O–H groups in total. The van der Waals surface area contributed by atoms with E-state index >= 15 is 0 Å². The highest BCUT2D eigenvalue weighted by Gasteiger charge is 2.33. The maximum absolute atomic E-state index is 14.2. The second kappa shape index (κ2) is 17.4. The minimum atomic E-state index is -0.858.